The molecule has 0 spiro atoms. The van der Waals surface area contributed by atoms with Gasteiger partial charge in [0.05, 0.1) is 11.0 Å². The van der Waals surface area contributed by atoms with Crippen molar-refractivity contribution in [2.75, 3.05) is 13.1 Å². The van der Waals surface area contributed by atoms with Crippen molar-refractivity contribution in [1.82, 2.24) is 5.32 Å². The van der Waals surface area contributed by atoms with Crippen molar-refractivity contribution in [2.45, 2.75) is 17.9 Å². The van der Waals surface area contributed by atoms with Crippen LogP contribution in [-0.2, 0) is 10.1 Å². The summed E-state index contributed by atoms with van der Waals surface area (Å²) in [4.78, 5) is -0.0666. The van der Waals surface area contributed by atoms with Crippen molar-refractivity contribution < 1.29 is 18.1 Å². The average molecular weight is 245 g/mol. The highest BCUT2D eigenvalue weighted by Crippen LogP contribution is 2.08. The maximum absolute atomic E-state index is 10.5. The van der Waals surface area contributed by atoms with Gasteiger partial charge in [-0.3, -0.25) is 4.55 Å². The van der Waals surface area contributed by atoms with E-state index in [9.17, 15) is 8.42 Å². The monoisotopic (exact) mass is 245 g/mol. The highest BCUT2D eigenvalue weighted by Gasteiger charge is 2.10. The fraction of sp³-hybridized carbons (Fsp3) is 0.400. The zero-order chi connectivity index (χ0) is 12.2. The Kier molecular flexibility index (Phi) is 4.43. The summed E-state index contributed by atoms with van der Waals surface area (Å²) >= 11 is 0. The van der Waals surface area contributed by atoms with E-state index in [-0.39, 0.29) is 11.0 Å². The van der Waals surface area contributed by atoms with Gasteiger partial charge in [-0.25, -0.2) is 0 Å². The van der Waals surface area contributed by atoms with Gasteiger partial charge >= 0.3 is 0 Å². The lowest BCUT2D eigenvalue weighted by molar-refractivity contribution is 0.117. The number of hydrogen-bond acceptors (Lipinski definition) is 4. The first-order valence-electron chi connectivity index (χ1n) is 4.82. The van der Waals surface area contributed by atoms with Gasteiger partial charge in [0, 0.05) is 13.1 Å². The van der Waals surface area contributed by atoms with Crippen LogP contribution in [0.5, 0.6) is 0 Å². The summed E-state index contributed by atoms with van der Waals surface area (Å²) in [6, 6.07) is 5.99. The third-order valence-electron chi connectivity index (χ3n) is 2.08. The van der Waals surface area contributed by atoms with Crippen LogP contribution in [-0.4, -0.2) is 37.3 Å². The molecule has 0 bridgehead atoms. The molecule has 0 radical (unpaired) electrons. The molecule has 0 unspecified atom stereocenters. The predicted octanol–water partition coefficient (Wildman–Crippen LogP) is 0.192. The smallest absolute Gasteiger partial charge is 0.294 e. The highest BCUT2D eigenvalue weighted by molar-refractivity contribution is 7.85. The summed E-state index contributed by atoms with van der Waals surface area (Å²) in [5.74, 6) is 0. The quantitative estimate of drug-likeness (QED) is 0.615. The van der Waals surface area contributed by atoms with Crippen LogP contribution in [0.25, 0.3) is 0 Å². The van der Waals surface area contributed by atoms with E-state index in [0.717, 1.165) is 18.7 Å². The summed E-state index contributed by atoms with van der Waals surface area (Å²) in [5, 5.41) is 11.3. The molecule has 90 valence electrons. The molecule has 0 saturated carbocycles. The molecule has 1 heterocycles. The average Bonchev–Trinajstić information content (AvgIpc) is 2.15. The second-order valence-corrected chi connectivity index (χ2v) is 5.02. The molecular weight excluding hydrogens is 230 g/mol. The van der Waals surface area contributed by atoms with Crippen molar-refractivity contribution >= 4 is 10.1 Å². The number of nitrogens with one attached hydrogen (secondary N) is 1. The molecule has 0 aliphatic carbocycles. The van der Waals surface area contributed by atoms with Crippen molar-refractivity contribution in [2.24, 2.45) is 0 Å². The van der Waals surface area contributed by atoms with Crippen molar-refractivity contribution in [3.8, 4) is 0 Å². The van der Waals surface area contributed by atoms with Crippen LogP contribution < -0.4 is 5.32 Å². The topological polar surface area (TPSA) is 86.6 Å². The lowest BCUT2D eigenvalue weighted by Crippen LogP contribution is -2.46. The zero-order valence-electron chi connectivity index (χ0n) is 8.92. The third-order valence-corrected chi connectivity index (χ3v) is 2.95. The minimum absolute atomic E-state index is 0.0463. The van der Waals surface area contributed by atoms with Crippen LogP contribution in [0, 0.1) is 6.92 Å². The van der Waals surface area contributed by atoms with Gasteiger partial charge in [0.2, 0.25) is 0 Å². The Morgan fingerprint density at radius 2 is 1.69 bits per heavy atom. The Hall–Kier alpha value is -0.950. The molecule has 5 nitrogen and oxygen atoms in total. The maximum Gasteiger partial charge on any atom is 0.294 e. The first-order valence-corrected chi connectivity index (χ1v) is 6.26. The Bertz CT molecular complexity index is 423. The number of aliphatic hydroxyl groups is 1. The SMILES string of the molecule is Cc1ccc(S(=O)(=O)O)cc1.OC1CNC1. The van der Waals surface area contributed by atoms with E-state index in [2.05, 4.69) is 5.32 Å². The first kappa shape index (κ1) is 13.1. The van der Waals surface area contributed by atoms with E-state index in [1.54, 1.807) is 12.1 Å². The van der Waals surface area contributed by atoms with Crippen LogP contribution in [0.4, 0.5) is 0 Å². The van der Waals surface area contributed by atoms with Gasteiger partial charge in [-0.2, -0.15) is 8.42 Å². The standard InChI is InChI=1S/C7H8O3S.C3H7NO/c1-6-2-4-7(5-3-6)11(8,9)10;5-3-1-4-2-3/h2-5H,1H3,(H,8,9,10);3-5H,1-2H2. The predicted molar refractivity (Wildman–Crippen MR) is 59.9 cm³/mol. The molecule has 0 atom stereocenters. The highest BCUT2D eigenvalue weighted by atomic mass is 32.2. The number of rotatable bonds is 1. The summed E-state index contributed by atoms with van der Waals surface area (Å²) in [6.07, 6.45) is -0.0463. The van der Waals surface area contributed by atoms with Crippen molar-refractivity contribution in [3.63, 3.8) is 0 Å². The summed E-state index contributed by atoms with van der Waals surface area (Å²) in [5.41, 5.74) is 0.956. The molecule has 1 aliphatic rings. The van der Waals surface area contributed by atoms with Crippen LogP contribution in [0.2, 0.25) is 0 Å². The van der Waals surface area contributed by atoms with E-state index in [1.165, 1.54) is 12.1 Å². The number of hydrogen-bond donors (Lipinski definition) is 3. The number of β-amino-alcohol motifs (C(OH)–C–C–N with tert-alkyl or cyclic N) is 1. The van der Waals surface area contributed by atoms with Crippen molar-refractivity contribution in [1.29, 1.82) is 0 Å². The molecule has 6 heteroatoms. The van der Waals surface area contributed by atoms with Gasteiger partial charge < -0.3 is 10.4 Å². The van der Waals surface area contributed by atoms with Gasteiger partial charge in [0.15, 0.2) is 0 Å². The molecule has 0 amide bonds. The van der Waals surface area contributed by atoms with Crippen LogP contribution in [0.1, 0.15) is 5.56 Å². The fourth-order valence-corrected chi connectivity index (χ4v) is 1.46. The number of benzene rings is 1. The molecule has 3 N–H and O–H groups in total. The van der Waals surface area contributed by atoms with Crippen LogP contribution in [0.15, 0.2) is 29.2 Å². The molecule has 1 saturated heterocycles. The van der Waals surface area contributed by atoms with E-state index in [0.29, 0.717) is 0 Å². The molecule has 0 aromatic heterocycles. The maximum atomic E-state index is 10.5. The van der Waals surface area contributed by atoms with Gasteiger partial charge in [-0.05, 0) is 19.1 Å². The lowest BCUT2D eigenvalue weighted by atomic mass is 10.2. The number of aliphatic hydroxyl groups excluding tert-OH is 1. The second-order valence-electron chi connectivity index (χ2n) is 3.60. The lowest BCUT2D eigenvalue weighted by Gasteiger charge is -2.20. The minimum Gasteiger partial charge on any atom is -0.390 e. The van der Waals surface area contributed by atoms with E-state index in [4.69, 9.17) is 9.66 Å². The van der Waals surface area contributed by atoms with Gasteiger partial charge in [-0.1, -0.05) is 17.7 Å². The fourth-order valence-electron chi connectivity index (χ4n) is 0.984. The number of aryl methyl sites for hydroxylation is 1. The Morgan fingerprint density at radius 3 is 1.94 bits per heavy atom. The summed E-state index contributed by atoms with van der Waals surface area (Å²) < 4.78 is 29.6. The third kappa shape index (κ3) is 4.28. The van der Waals surface area contributed by atoms with Crippen molar-refractivity contribution in [3.05, 3.63) is 29.8 Å². The molecular formula is C10H15NO4S. The van der Waals surface area contributed by atoms with Gasteiger partial charge in [-0.15, -0.1) is 0 Å². The molecule has 1 aromatic carbocycles. The molecule has 1 aliphatic heterocycles. The molecule has 2 rings (SSSR count). The zero-order valence-corrected chi connectivity index (χ0v) is 9.74. The second kappa shape index (κ2) is 5.40. The Morgan fingerprint density at radius 1 is 1.25 bits per heavy atom. The van der Waals surface area contributed by atoms with E-state index < -0.39 is 10.1 Å². The van der Waals surface area contributed by atoms with E-state index >= 15 is 0 Å². The molecule has 16 heavy (non-hydrogen) atoms. The minimum atomic E-state index is -4.02. The summed E-state index contributed by atoms with van der Waals surface area (Å²) in [6.45, 7) is 3.42. The van der Waals surface area contributed by atoms with E-state index in [1.807, 2.05) is 6.92 Å². The van der Waals surface area contributed by atoms with Gasteiger partial charge in [0.25, 0.3) is 10.1 Å². The molecule has 1 aromatic rings. The van der Waals surface area contributed by atoms with Crippen LogP contribution in [0.3, 0.4) is 0 Å². The van der Waals surface area contributed by atoms with Gasteiger partial charge in [0.1, 0.15) is 0 Å². The van der Waals surface area contributed by atoms with Crippen LogP contribution >= 0.6 is 0 Å². The Balaban J connectivity index is 0.000000212. The Labute approximate surface area is 94.9 Å². The molecule has 1 fully saturated rings. The summed E-state index contributed by atoms with van der Waals surface area (Å²) in [7, 11) is -4.02. The first-order chi connectivity index (χ1) is 7.39. The largest absolute Gasteiger partial charge is 0.390 e. The normalized spacial score (nSPS) is 15.9.